The van der Waals surface area contributed by atoms with Crippen molar-refractivity contribution >= 4 is 18.3 Å². The van der Waals surface area contributed by atoms with E-state index >= 15 is 0 Å². The smallest absolute Gasteiger partial charge is 0.230 e. The van der Waals surface area contributed by atoms with E-state index < -0.39 is 5.41 Å². The summed E-state index contributed by atoms with van der Waals surface area (Å²) in [6.07, 6.45) is 5.54. The Balaban J connectivity index is 0.00000220. The summed E-state index contributed by atoms with van der Waals surface area (Å²) in [5, 5.41) is 2.97. The normalized spacial score (nSPS) is 16.9. The van der Waals surface area contributed by atoms with E-state index in [-0.39, 0.29) is 24.1 Å². The van der Waals surface area contributed by atoms with Gasteiger partial charge in [-0.3, -0.25) is 4.79 Å². The molecule has 0 spiro atoms. The van der Waals surface area contributed by atoms with Gasteiger partial charge in [-0.2, -0.15) is 0 Å². The number of nitrogens with two attached hydrogens (primary N) is 1. The van der Waals surface area contributed by atoms with Gasteiger partial charge in [-0.05, 0) is 43.5 Å². The van der Waals surface area contributed by atoms with Crippen molar-refractivity contribution in [1.82, 2.24) is 5.32 Å². The maximum absolute atomic E-state index is 13.5. The van der Waals surface area contributed by atoms with Crippen LogP contribution in [-0.2, 0) is 10.2 Å². The average molecular weight is 315 g/mol. The van der Waals surface area contributed by atoms with Gasteiger partial charge in [0.15, 0.2) is 0 Å². The van der Waals surface area contributed by atoms with Crippen LogP contribution < -0.4 is 11.1 Å². The van der Waals surface area contributed by atoms with E-state index in [1.165, 1.54) is 12.1 Å². The Labute approximate surface area is 131 Å². The first-order chi connectivity index (χ1) is 9.69. The van der Waals surface area contributed by atoms with Gasteiger partial charge in [0.2, 0.25) is 5.91 Å². The maximum atomic E-state index is 13.5. The Morgan fingerprint density at radius 2 is 2.00 bits per heavy atom. The molecule has 0 aliphatic heterocycles. The fraction of sp³-hybridized carbons (Fsp3) is 0.562. The summed E-state index contributed by atoms with van der Waals surface area (Å²) >= 11 is 0. The lowest BCUT2D eigenvalue weighted by Crippen LogP contribution is -2.46. The Morgan fingerprint density at radius 1 is 1.29 bits per heavy atom. The molecular weight excluding hydrogens is 291 g/mol. The first-order valence-electron chi connectivity index (χ1n) is 7.43. The van der Waals surface area contributed by atoms with Gasteiger partial charge >= 0.3 is 0 Å². The fourth-order valence-electron chi connectivity index (χ4n) is 3.06. The number of hydrogen-bond donors (Lipinski definition) is 2. The third-order valence-corrected chi connectivity index (χ3v) is 4.19. The molecule has 2 rings (SSSR count). The minimum atomic E-state index is -0.561. The lowest BCUT2D eigenvalue weighted by Gasteiger charge is -2.36. The zero-order chi connectivity index (χ0) is 14.4. The van der Waals surface area contributed by atoms with E-state index in [0.29, 0.717) is 13.1 Å². The first kappa shape index (κ1) is 17.9. The second-order valence-corrected chi connectivity index (χ2v) is 5.55. The van der Waals surface area contributed by atoms with Crippen LogP contribution in [0.15, 0.2) is 24.3 Å². The molecule has 0 saturated heterocycles. The van der Waals surface area contributed by atoms with Gasteiger partial charge in [0, 0.05) is 6.54 Å². The van der Waals surface area contributed by atoms with E-state index in [0.717, 1.165) is 44.1 Å². The lowest BCUT2D eigenvalue weighted by molar-refractivity contribution is -0.128. The number of amides is 1. The van der Waals surface area contributed by atoms with E-state index in [9.17, 15) is 9.18 Å². The quantitative estimate of drug-likeness (QED) is 0.821. The Bertz CT molecular complexity index is 461. The monoisotopic (exact) mass is 314 g/mol. The van der Waals surface area contributed by atoms with Crippen molar-refractivity contribution < 1.29 is 9.18 Å². The predicted molar refractivity (Wildman–Crippen MR) is 85.1 cm³/mol. The van der Waals surface area contributed by atoms with E-state index in [1.54, 1.807) is 6.07 Å². The number of nitrogens with one attached hydrogen (secondary N) is 1. The molecule has 0 radical (unpaired) electrons. The van der Waals surface area contributed by atoms with Gasteiger partial charge in [-0.25, -0.2) is 4.39 Å². The topological polar surface area (TPSA) is 55.1 Å². The van der Waals surface area contributed by atoms with E-state index in [4.69, 9.17) is 5.73 Å². The van der Waals surface area contributed by atoms with Crippen LogP contribution in [0.5, 0.6) is 0 Å². The summed E-state index contributed by atoms with van der Waals surface area (Å²) in [5.41, 5.74) is 5.70. The molecule has 0 aromatic heterocycles. The highest BCUT2D eigenvalue weighted by Gasteiger charge is 2.40. The van der Waals surface area contributed by atoms with Crippen LogP contribution in [-0.4, -0.2) is 19.0 Å². The summed E-state index contributed by atoms with van der Waals surface area (Å²) < 4.78 is 13.5. The maximum Gasteiger partial charge on any atom is 0.230 e. The summed E-state index contributed by atoms with van der Waals surface area (Å²) in [5.74, 6) is -0.251. The molecule has 118 valence electrons. The van der Waals surface area contributed by atoms with E-state index in [1.807, 2.05) is 6.07 Å². The van der Waals surface area contributed by atoms with Crippen LogP contribution in [0.2, 0.25) is 0 Å². The van der Waals surface area contributed by atoms with Crippen LogP contribution in [0, 0.1) is 5.82 Å². The third-order valence-electron chi connectivity index (χ3n) is 4.19. The summed E-state index contributed by atoms with van der Waals surface area (Å²) in [7, 11) is 0. The molecule has 5 heteroatoms. The van der Waals surface area contributed by atoms with Crippen LogP contribution in [0.4, 0.5) is 4.39 Å². The van der Waals surface area contributed by atoms with Crippen molar-refractivity contribution in [2.75, 3.05) is 13.1 Å². The van der Waals surface area contributed by atoms with Gasteiger partial charge in [0.05, 0.1) is 5.41 Å². The molecule has 1 aliphatic rings. The van der Waals surface area contributed by atoms with Gasteiger partial charge in [-0.15, -0.1) is 12.4 Å². The van der Waals surface area contributed by atoms with E-state index in [2.05, 4.69) is 5.32 Å². The number of halogens is 2. The molecule has 3 N–H and O–H groups in total. The molecule has 1 fully saturated rings. The van der Waals surface area contributed by atoms with Crippen molar-refractivity contribution in [1.29, 1.82) is 0 Å². The van der Waals surface area contributed by atoms with Crippen LogP contribution in [0.25, 0.3) is 0 Å². The largest absolute Gasteiger partial charge is 0.355 e. The van der Waals surface area contributed by atoms with Crippen LogP contribution in [0.3, 0.4) is 0 Å². The number of rotatable bonds is 5. The first-order valence-corrected chi connectivity index (χ1v) is 7.43. The average Bonchev–Trinajstić information content (AvgIpc) is 2.48. The van der Waals surface area contributed by atoms with Gasteiger partial charge in [0.1, 0.15) is 5.82 Å². The molecule has 1 aromatic rings. The summed E-state index contributed by atoms with van der Waals surface area (Å²) in [6.45, 7) is 1.15. The molecular formula is C16H24ClFN2O. The van der Waals surface area contributed by atoms with Gasteiger partial charge < -0.3 is 11.1 Å². The molecule has 1 amide bonds. The van der Waals surface area contributed by atoms with Crippen molar-refractivity contribution in [3.63, 3.8) is 0 Å². The van der Waals surface area contributed by atoms with Crippen molar-refractivity contribution in [2.45, 2.75) is 43.9 Å². The van der Waals surface area contributed by atoms with Crippen molar-refractivity contribution in [2.24, 2.45) is 5.73 Å². The number of carbonyl (C=O) groups excluding carboxylic acids is 1. The molecule has 0 atom stereocenters. The minimum absolute atomic E-state index is 0. The highest BCUT2D eigenvalue weighted by molar-refractivity contribution is 5.88. The molecule has 1 aromatic carbocycles. The van der Waals surface area contributed by atoms with Gasteiger partial charge in [-0.1, -0.05) is 31.4 Å². The molecule has 0 unspecified atom stereocenters. The highest BCUT2D eigenvalue weighted by atomic mass is 35.5. The third kappa shape index (κ3) is 4.17. The molecule has 0 heterocycles. The van der Waals surface area contributed by atoms with Crippen LogP contribution >= 0.6 is 12.4 Å². The fourth-order valence-corrected chi connectivity index (χ4v) is 3.06. The van der Waals surface area contributed by atoms with Gasteiger partial charge in [0.25, 0.3) is 0 Å². The summed E-state index contributed by atoms with van der Waals surface area (Å²) in [6, 6.07) is 6.49. The Kier molecular flexibility index (Phi) is 7.12. The second kappa shape index (κ2) is 8.35. The summed E-state index contributed by atoms with van der Waals surface area (Å²) in [4.78, 5) is 12.6. The second-order valence-electron chi connectivity index (χ2n) is 5.55. The molecule has 0 bridgehead atoms. The van der Waals surface area contributed by atoms with Crippen molar-refractivity contribution in [3.8, 4) is 0 Å². The standard InChI is InChI=1S/C16H23FN2O.ClH/c17-14-7-4-6-13(12-14)16(8-2-1-3-9-16)15(20)19-11-5-10-18;/h4,6-7,12H,1-3,5,8-11,18H2,(H,19,20);1H. The zero-order valence-corrected chi connectivity index (χ0v) is 13.1. The van der Waals surface area contributed by atoms with Crippen LogP contribution in [0.1, 0.15) is 44.1 Å². The molecule has 1 aliphatic carbocycles. The SMILES string of the molecule is Cl.NCCCNC(=O)C1(c2cccc(F)c2)CCCCC1. The Hall–Kier alpha value is -1.13. The number of hydrogen-bond acceptors (Lipinski definition) is 2. The lowest BCUT2D eigenvalue weighted by atomic mass is 9.68. The number of carbonyl (C=O) groups is 1. The minimum Gasteiger partial charge on any atom is -0.355 e. The molecule has 3 nitrogen and oxygen atoms in total. The Morgan fingerprint density at radius 3 is 2.62 bits per heavy atom. The molecule has 1 saturated carbocycles. The predicted octanol–water partition coefficient (Wildman–Crippen LogP) is 2.91. The molecule has 21 heavy (non-hydrogen) atoms. The number of benzene rings is 1. The van der Waals surface area contributed by atoms with Crippen molar-refractivity contribution in [3.05, 3.63) is 35.6 Å². The highest BCUT2D eigenvalue weighted by Crippen LogP contribution is 2.39. The zero-order valence-electron chi connectivity index (χ0n) is 12.2.